The fourth-order valence-corrected chi connectivity index (χ4v) is 3.02. The lowest BCUT2D eigenvalue weighted by atomic mass is 10.2. The van der Waals surface area contributed by atoms with Crippen LogP contribution in [-0.4, -0.2) is 64.4 Å². The Morgan fingerprint density at radius 3 is 2.22 bits per heavy atom. The van der Waals surface area contributed by atoms with Crippen LogP contribution in [0.3, 0.4) is 0 Å². The number of piperazine rings is 1. The molecule has 12 heteroatoms. The van der Waals surface area contributed by atoms with Gasteiger partial charge in [0.2, 0.25) is 0 Å². The van der Waals surface area contributed by atoms with Gasteiger partial charge in [0.1, 0.15) is 5.82 Å². The summed E-state index contributed by atoms with van der Waals surface area (Å²) in [5.74, 6) is -2.34. The predicted molar refractivity (Wildman–Crippen MR) is 113 cm³/mol. The smallest absolute Gasteiger partial charge is 0.475 e. The molecule has 1 fully saturated rings. The third-order valence-corrected chi connectivity index (χ3v) is 4.63. The van der Waals surface area contributed by atoms with Gasteiger partial charge >= 0.3 is 17.8 Å². The van der Waals surface area contributed by atoms with Crippen molar-refractivity contribution in [3.63, 3.8) is 0 Å². The number of benzene rings is 1. The Morgan fingerprint density at radius 2 is 1.66 bits per heavy atom. The Hall–Kier alpha value is -3.12. The van der Waals surface area contributed by atoms with E-state index in [1.807, 2.05) is 30.3 Å². The number of hydrogen-bond donors (Lipinski definition) is 4. The molecule has 0 radical (unpaired) electrons. The highest BCUT2D eigenvalue weighted by Crippen LogP contribution is 2.13. The third-order valence-electron chi connectivity index (χ3n) is 4.63. The van der Waals surface area contributed by atoms with Gasteiger partial charge < -0.3 is 20.6 Å². The van der Waals surface area contributed by atoms with Crippen molar-refractivity contribution in [3.8, 4) is 0 Å². The molecule has 0 atom stereocenters. The van der Waals surface area contributed by atoms with Crippen LogP contribution in [0, 0.1) is 0 Å². The number of aromatic nitrogens is 2. The van der Waals surface area contributed by atoms with Crippen molar-refractivity contribution >= 4 is 17.5 Å². The summed E-state index contributed by atoms with van der Waals surface area (Å²) in [6, 6.07) is 10.9. The highest BCUT2D eigenvalue weighted by atomic mass is 19.4. The number of unbranched alkanes of at least 4 members (excludes halogenated alkanes) is 1. The Labute approximate surface area is 181 Å². The summed E-state index contributed by atoms with van der Waals surface area (Å²) in [6.07, 6.45) is -3.28. The van der Waals surface area contributed by atoms with E-state index in [9.17, 15) is 22.8 Å². The van der Waals surface area contributed by atoms with E-state index in [0.717, 1.165) is 51.3 Å². The number of H-pyrrole nitrogens is 1. The van der Waals surface area contributed by atoms with E-state index in [0.29, 0.717) is 12.4 Å². The van der Waals surface area contributed by atoms with Gasteiger partial charge in [0.25, 0.3) is 5.56 Å². The zero-order valence-corrected chi connectivity index (χ0v) is 17.3. The molecule has 2 aromatic rings. The predicted octanol–water partition coefficient (Wildman–Crippen LogP) is 1.60. The summed E-state index contributed by atoms with van der Waals surface area (Å²) < 4.78 is 33.0. The van der Waals surface area contributed by atoms with Crippen LogP contribution in [0.4, 0.5) is 24.7 Å². The minimum Gasteiger partial charge on any atom is -0.475 e. The Morgan fingerprint density at radius 1 is 1.06 bits per heavy atom. The minimum atomic E-state index is -5.08. The van der Waals surface area contributed by atoms with Gasteiger partial charge in [0.05, 0.1) is 0 Å². The van der Waals surface area contributed by atoms with Gasteiger partial charge in [-0.3, -0.25) is 14.3 Å². The first-order valence-electron chi connectivity index (χ1n) is 10.1. The minimum absolute atomic E-state index is 0.274. The van der Waals surface area contributed by atoms with Crippen molar-refractivity contribution in [2.24, 2.45) is 0 Å². The molecule has 2 heterocycles. The Kier molecular flexibility index (Phi) is 9.47. The lowest BCUT2D eigenvalue weighted by Crippen LogP contribution is -2.43. The fraction of sp³-hybridized carbons (Fsp3) is 0.450. The summed E-state index contributed by atoms with van der Waals surface area (Å²) in [7, 11) is 0. The zero-order chi connectivity index (χ0) is 23.6. The molecular formula is C20H26F3N5O4. The SMILES string of the molecule is O=C(O)C(F)(F)F.O=c1cc(Nc2ccccc2)[nH]c(=O)n1CCCCN1CCNCC1. The normalized spacial score (nSPS) is 14.3. The van der Waals surface area contributed by atoms with Crippen LogP contribution < -0.4 is 21.9 Å². The van der Waals surface area contributed by atoms with Crippen molar-refractivity contribution in [3.05, 3.63) is 57.2 Å². The summed E-state index contributed by atoms with van der Waals surface area (Å²) in [5, 5.41) is 13.5. The van der Waals surface area contributed by atoms with Gasteiger partial charge in [0.15, 0.2) is 0 Å². The molecular weight excluding hydrogens is 431 g/mol. The number of hydrogen-bond acceptors (Lipinski definition) is 6. The quantitative estimate of drug-likeness (QED) is 0.466. The molecule has 0 aliphatic carbocycles. The van der Waals surface area contributed by atoms with Crippen LogP contribution in [0.2, 0.25) is 0 Å². The molecule has 1 saturated heterocycles. The van der Waals surface area contributed by atoms with E-state index < -0.39 is 12.1 Å². The fourth-order valence-electron chi connectivity index (χ4n) is 3.02. The molecule has 0 unspecified atom stereocenters. The molecule has 0 amide bonds. The van der Waals surface area contributed by atoms with Crippen LogP contribution in [0.5, 0.6) is 0 Å². The number of aliphatic carboxylic acids is 1. The van der Waals surface area contributed by atoms with E-state index in [4.69, 9.17) is 9.90 Å². The molecule has 1 aromatic heterocycles. The lowest BCUT2D eigenvalue weighted by molar-refractivity contribution is -0.192. The molecule has 0 saturated carbocycles. The lowest BCUT2D eigenvalue weighted by Gasteiger charge is -2.27. The number of alkyl halides is 3. The number of nitrogens with zero attached hydrogens (tertiary/aromatic N) is 2. The Balaban J connectivity index is 0.000000451. The maximum Gasteiger partial charge on any atom is 0.490 e. The molecule has 4 N–H and O–H groups in total. The van der Waals surface area contributed by atoms with Crippen LogP contribution in [0.15, 0.2) is 46.0 Å². The molecule has 176 valence electrons. The zero-order valence-electron chi connectivity index (χ0n) is 17.3. The van der Waals surface area contributed by atoms with Crippen LogP contribution in [0.25, 0.3) is 0 Å². The van der Waals surface area contributed by atoms with Crippen molar-refractivity contribution in [2.45, 2.75) is 25.6 Å². The molecule has 1 aromatic carbocycles. The first kappa shape index (κ1) is 25.1. The molecule has 0 spiro atoms. The molecule has 3 rings (SSSR count). The number of para-hydroxylation sites is 1. The summed E-state index contributed by atoms with van der Waals surface area (Å²) in [4.78, 5) is 38.5. The monoisotopic (exact) mass is 457 g/mol. The van der Waals surface area contributed by atoms with Crippen molar-refractivity contribution in [2.75, 3.05) is 38.0 Å². The van der Waals surface area contributed by atoms with Crippen molar-refractivity contribution < 1.29 is 23.1 Å². The maximum atomic E-state index is 12.2. The molecule has 1 aliphatic heterocycles. The number of nitrogens with one attached hydrogen (secondary N) is 3. The number of carboxylic acids is 1. The van der Waals surface area contributed by atoms with Gasteiger partial charge in [-0.2, -0.15) is 13.2 Å². The topological polar surface area (TPSA) is 119 Å². The average Bonchev–Trinajstić information content (AvgIpc) is 2.74. The number of carbonyl (C=O) groups is 1. The van der Waals surface area contributed by atoms with E-state index in [1.165, 1.54) is 10.6 Å². The summed E-state index contributed by atoms with van der Waals surface area (Å²) >= 11 is 0. The third kappa shape index (κ3) is 8.55. The summed E-state index contributed by atoms with van der Waals surface area (Å²) in [5.41, 5.74) is 0.184. The van der Waals surface area contributed by atoms with E-state index in [1.54, 1.807) is 0 Å². The second-order valence-corrected chi connectivity index (χ2v) is 7.07. The molecule has 1 aliphatic rings. The van der Waals surface area contributed by atoms with Crippen LogP contribution in [-0.2, 0) is 11.3 Å². The number of halogens is 3. The standard InChI is InChI=1S/C18H25N5O2.C2HF3O2/c24-17-14-16(20-15-6-2-1-3-7-15)21-18(25)23(17)11-5-4-10-22-12-8-19-9-13-22;3-2(4,5)1(6)7/h1-3,6-7,14,19-20H,4-5,8-13H2,(H,21,25);(H,6,7). The number of rotatable bonds is 7. The summed E-state index contributed by atoms with van der Waals surface area (Å²) in [6.45, 7) is 5.68. The van der Waals surface area contributed by atoms with Gasteiger partial charge in [0, 0.05) is 44.5 Å². The van der Waals surface area contributed by atoms with E-state index in [-0.39, 0.29) is 11.2 Å². The highest BCUT2D eigenvalue weighted by Gasteiger charge is 2.38. The van der Waals surface area contributed by atoms with Crippen LogP contribution in [0.1, 0.15) is 12.8 Å². The number of aromatic amines is 1. The van der Waals surface area contributed by atoms with Gasteiger partial charge in [-0.1, -0.05) is 18.2 Å². The maximum absolute atomic E-state index is 12.2. The average molecular weight is 457 g/mol. The number of carboxylic acid groups (broad SMARTS) is 1. The molecule has 32 heavy (non-hydrogen) atoms. The van der Waals surface area contributed by atoms with Crippen molar-refractivity contribution in [1.29, 1.82) is 0 Å². The van der Waals surface area contributed by atoms with Gasteiger partial charge in [-0.15, -0.1) is 0 Å². The first-order valence-corrected chi connectivity index (χ1v) is 10.1. The van der Waals surface area contributed by atoms with Crippen LogP contribution >= 0.6 is 0 Å². The van der Waals surface area contributed by atoms with Gasteiger partial charge in [-0.25, -0.2) is 9.59 Å². The molecule has 9 nitrogen and oxygen atoms in total. The number of anilines is 2. The van der Waals surface area contributed by atoms with E-state index >= 15 is 0 Å². The Bertz CT molecular complexity index is 938. The second-order valence-electron chi connectivity index (χ2n) is 7.07. The second kappa shape index (κ2) is 12.1. The van der Waals surface area contributed by atoms with Crippen molar-refractivity contribution in [1.82, 2.24) is 19.8 Å². The van der Waals surface area contributed by atoms with Gasteiger partial charge in [-0.05, 0) is 31.5 Å². The highest BCUT2D eigenvalue weighted by molar-refractivity contribution is 5.73. The molecule has 0 bridgehead atoms. The first-order chi connectivity index (χ1) is 15.2. The van der Waals surface area contributed by atoms with E-state index in [2.05, 4.69) is 20.5 Å². The largest absolute Gasteiger partial charge is 0.490 e.